The summed E-state index contributed by atoms with van der Waals surface area (Å²) in [5, 5.41) is 3.56. The van der Waals surface area contributed by atoms with Gasteiger partial charge in [0.2, 0.25) is 0 Å². The molecule has 0 aliphatic rings. The van der Waals surface area contributed by atoms with E-state index in [9.17, 15) is 9.59 Å². The van der Waals surface area contributed by atoms with Gasteiger partial charge >= 0.3 is 0 Å². The maximum atomic E-state index is 12.4. The molecule has 0 aliphatic heterocycles. The van der Waals surface area contributed by atoms with Crippen LogP contribution < -0.4 is 20.3 Å². The minimum absolute atomic E-state index is 0.0944. The standard InChI is InChI=1S/C21H22N2O4/c1-13-10-14(2)19-15(11-13)12-18(21(25)23-19)20(24)22-8-9-27-17-6-4-16(26-3)5-7-17/h4-7,10-12H,8-9H2,1-3H3,(H,22,24)(H,23,25). The zero-order chi connectivity index (χ0) is 19.4. The molecule has 1 heterocycles. The molecule has 1 aromatic heterocycles. The van der Waals surface area contributed by atoms with Crippen molar-refractivity contribution in [2.24, 2.45) is 0 Å². The molecule has 140 valence electrons. The average molecular weight is 366 g/mol. The maximum absolute atomic E-state index is 12.4. The van der Waals surface area contributed by atoms with Gasteiger partial charge in [-0.15, -0.1) is 0 Å². The monoisotopic (exact) mass is 366 g/mol. The lowest BCUT2D eigenvalue weighted by molar-refractivity contribution is 0.0945. The number of carbonyl (C=O) groups is 1. The molecule has 0 saturated carbocycles. The third-order valence-electron chi connectivity index (χ3n) is 4.25. The number of H-pyrrole nitrogens is 1. The summed E-state index contributed by atoms with van der Waals surface area (Å²) in [7, 11) is 1.60. The summed E-state index contributed by atoms with van der Waals surface area (Å²) >= 11 is 0. The molecule has 0 unspecified atom stereocenters. The number of aromatic amines is 1. The number of methoxy groups -OCH3 is 1. The van der Waals surface area contributed by atoms with Crippen molar-refractivity contribution in [3.63, 3.8) is 0 Å². The topological polar surface area (TPSA) is 80.4 Å². The van der Waals surface area contributed by atoms with E-state index < -0.39 is 11.5 Å². The molecule has 0 saturated heterocycles. The second-order valence-electron chi connectivity index (χ2n) is 6.34. The molecule has 0 bridgehead atoms. The van der Waals surface area contributed by atoms with Crippen molar-refractivity contribution in [2.45, 2.75) is 13.8 Å². The van der Waals surface area contributed by atoms with Gasteiger partial charge in [-0.3, -0.25) is 9.59 Å². The van der Waals surface area contributed by atoms with Crippen LogP contribution in [0, 0.1) is 13.8 Å². The van der Waals surface area contributed by atoms with Crippen LogP contribution in [0.15, 0.2) is 47.3 Å². The van der Waals surface area contributed by atoms with Crippen LogP contribution in [0.2, 0.25) is 0 Å². The summed E-state index contributed by atoms with van der Waals surface area (Å²) < 4.78 is 10.7. The Morgan fingerprint density at radius 2 is 1.78 bits per heavy atom. The molecule has 1 amide bonds. The van der Waals surface area contributed by atoms with Gasteiger partial charge in [0.1, 0.15) is 23.7 Å². The van der Waals surface area contributed by atoms with Crippen LogP contribution in [0.25, 0.3) is 10.9 Å². The smallest absolute Gasteiger partial charge is 0.261 e. The minimum atomic E-state index is -0.421. The number of hydrogen-bond donors (Lipinski definition) is 2. The van der Waals surface area contributed by atoms with Gasteiger partial charge in [0.05, 0.1) is 19.2 Å². The molecule has 3 aromatic rings. The summed E-state index contributed by atoms with van der Waals surface area (Å²) in [6.07, 6.45) is 0. The number of pyridine rings is 1. The fourth-order valence-electron chi connectivity index (χ4n) is 2.96. The van der Waals surface area contributed by atoms with Gasteiger partial charge in [-0.1, -0.05) is 11.6 Å². The highest BCUT2D eigenvalue weighted by Gasteiger charge is 2.12. The minimum Gasteiger partial charge on any atom is -0.497 e. The summed E-state index contributed by atoms with van der Waals surface area (Å²) in [6, 6.07) is 12.8. The van der Waals surface area contributed by atoms with Crippen LogP contribution in [0.4, 0.5) is 0 Å². The van der Waals surface area contributed by atoms with Crippen molar-refractivity contribution < 1.29 is 14.3 Å². The first kappa shape index (κ1) is 18.5. The van der Waals surface area contributed by atoms with Gasteiger partial charge in [-0.25, -0.2) is 0 Å². The molecule has 0 aliphatic carbocycles. The van der Waals surface area contributed by atoms with Gasteiger partial charge in [-0.2, -0.15) is 0 Å². The zero-order valence-corrected chi connectivity index (χ0v) is 15.6. The highest BCUT2D eigenvalue weighted by Crippen LogP contribution is 2.18. The Bertz CT molecular complexity index is 1020. The zero-order valence-electron chi connectivity index (χ0n) is 15.6. The lowest BCUT2D eigenvalue weighted by Gasteiger charge is -2.09. The number of fused-ring (bicyclic) bond motifs is 1. The first-order valence-corrected chi connectivity index (χ1v) is 8.67. The average Bonchev–Trinajstić information content (AvgIpc) is 2.65. The summed E-state index contributed by atoms with van der Waals surface area (Å²) in [6.45, 7) is 4.49. The van der Waals surface area contributed by atoms with E-state index in [-0.39, 0.29) is 12.1 Å². The highest BCUT2D eigenvalue weighted by molar-refractivity contribution is 5.97. The van der Waals surface area contributed by atoms with Crippen LogP contribution >= 0.6 is 0 Å². The van der Waals surface area contributed by atoms with E-state index >= 15 is 0 Å². The van der Waals surface area contributed by atoms with E-state index in [1.54, 1.807) is 37.4 Å². The van der Waals surface area contributed by atoms with Crippen LogP contribution in [0.1, 0.15) is 21.5 Å². The summed E-state index contributed by atoms with van der Waals surface area (Å²) in [5.74, 6) is 1.01. The van der Waals surface area contributed by atoms with Crippen molar-refractivity contribution in [3.8, 4) is 11.5 Å². The molecule has 0 spiro atoms. The first-order valence-electron chi connectivity index (χ1n) is 8.67. The van der Waals surface area contributed by atoms with Crippen LogP contribution in [-0.4, -0.2) is 31.2 Å². The number of carbonyl (C=O) groups excluding carboxylic acids is 1. The number of rotatable bonds is 6. The molecular weight excluding hydrogens is 344 g/mol. The number of benzene rings is 2. The summed E-state index contributed by atoms with van der Waals surface area (Å²) in [4.78, 5) is 27.4. The van der Waals surface area contributed by atoms with E-state index in [2.05, 4.69) is 10.3 Å². The fraction of sp³-hybridized carbons (Fsp3) is 0.238. The van der Waals surface area contributed by atoms with E-state index in [1.807, 2.05) is 26.0 Å². The predicted octanol–water partition coefficient (Wildman–Crippen LogP) is 2.96. The number of ether oxygens (including phenoxy) is 2. The largest absolute Gasteiger partial charge is 0.497 e. The molecule has 27 heavy (non-hydrogen) atoms. The number of nitrogens with one attached hydrogen (secondary N) is 2. The Kier molecular flexibility index (Phi) is 5.45. The van der Waals surface area contributed by atoms with Gasteiger partial charge in [-0.05, 0) is 61.2 Å². The first-order chi connectivity index (χ1) is 13.0. The molecule has 0 atom stereocenters. The molecule has 6 nitrogen and oxygen atoms in total. The number of aryl methyl sites for hydroxylation is 2. The third-order valence-corrected chi connectivity index (χ3v) is 4.25. The van der Waals surface area contributed by atoms with Crippen molar-refractivity contribution in [1.29, 1.82) is 0 Å². The lowest BCUT2D eigenvalue weighted by atomic mass is 10.1. The van der Waals surface area contributed by atoms with Crippen molar-refractivity contribution in [2.75, 3.05) is 20.3 Å². The fourth-order valence-corrected chi connectivity index (χ4v) is 2.96. The van der Waals surface area contributed by atoms with Gasteiger partial charge in [0.25, 0.3) is 11.5 Å². The summed E-state index contributed by atoms with van der Waals surface area (Å²) in [5.41, 5.74) is 2.50. The lowest BCUT2D eigenvalue weighted by Crippen LogP contribution is -2.32. The van der Waals surface area contributed by atoms with E-state index in [0.29, 0.717) is 12.4 Å². The maximum Gasteiger partial charge on any atom is 0.261 e. The molecule has 0 fully saturated rings. The van der Waals surface area contributed by atoms with Gasteiger partial charge < -0.3 is 19.8 Å². The van der Waals surface area contributed by atoms with Crippen LogP contribution in [0.3, 0.4) is 0 Å². The molecular formula is C21H22N2O4. The highest BCUT2D eigenvalue weighted by atomic mass is 16.5. The quantitative estimate of drug-likeness (QED) is 0.657. The Balaban J connectivity index is 1.63. The van der Waals surface area contributed by atoms with Gasteiger partial charge in [0.15, 0.2) is 0 Å². The second kappa shape index (κ2) is 7.95. The second-order valence-corrected chi connectivity index (χ2v) is 6.34. The Hall–Kier alpha value is -3.28. The van der Waals surface area contributed by atoms with E-state index in [1.165, 1.54) is 0 Å². The van der Waals surface area contributed by atoms with Gasteiger partial charge in [0, 0.05) is 0 Å². The third kappa shape index (κ3) is 4.28. The Labute approximate surface area is 157 Å². The van der Waals surface area contributed by atoms with Crippen molar-refractivity contribution in [3.05, 3.63) is 69.5 Å². The van der Waals surface area contributed by atoms with E-state index in [4.69, 9.17) is 9.47 Å². The van der Waals surface area contributed by atoms with Crippen LogP contribution in [0.5, 0.6) is 11.5 Å². The number of hydrogen-bond acceptors (Lipinski definition) is 4. The number of amides is 1. The normalized spacial score (nSPS) is 10.6. The molecule has 0 radical (unpaired) electrons. The Morgan fingerprint density at radius 1 is 1.07 bits per heavy atom. The molecule has 3 rings (SSSR count). The molecule has 6 heteroatoms. The molecule has 2 N–H and O–H groups in total. The number of aromatic nitrogens is 1. The van der Waals surface area contributed by atoms with Crippen molar-refractivity contribution >= 4 is 16.8 Å². The van der Waals surface area contributed by atoms with E-state index in [0.717, 1.165) is 27.8 Å². The van der Waals surface area contributed by atoms with Crippen molar-refractivity contribution in [1.82, 2.24) is 10.3 Å². The Morgan fingerprint density at radius 3 is 2.48 bits per heavy atom. The predicted molar refractivity (Wildman–Crippen MR) is 105 cm³/mol. The molecule has 2 aromatic carbocycles. The van der Waals surface area contributed by atoms with Crippen LogP contribution in [-0.2, 0) is 0 Å². The SMILES string of the molecule is COc1ccc(OCCNC(=O)c2cc3cc(C)cc(C)c3[nH]c2=O)cc1.